The maximum atomic E-state index is 7.62. The van der Waals surface area contributed by atoms with Gasteiger partial charge in [0.15, 0.2) is 0 Å². The molecule has 3 rings (SSSR count). The van der Waals surface area contributed by atoms with Crippen LogP contribution in [0.3, 0.4) is 0 Å². The van der Waals surface area contributed by atoms with Crippen molar-refractivity contribution >= 4 is 0 Å². The van der Waals surface area contributed by atoms with E-state index in [1.54, 1.807) is 0 Å². The quantitative estimate of drug-likeness (QED) is 0.525. The van der Waals surface area contributed by atoms with E-state index in [9.17, 15) is 0 Å². The van der Waals surface area contributed by atoms with Crippen LogP contribution in [0.4, 0.5) is 0 Å². The Morgan fingerprint density at radius 2 is 0.769 bits per heavy atom. The molecule has 0 aromatic rings. The first kappa shape index (κ1) is 12.8. The Hall–Kier alpha value is -0.200. The lowest BCUT2D eigenvalue weighted by Gasteiger charge is -1.70. The molecule has 13 heavy (non-hydrogen) atoms. The minimum Gasteiger partial charge on any atom is -0.394 e. The summed E-state index contributed by atoms with van der Waals surface area (Å²) in [6.07, 6.45) is 0. The average Bonchev–Trinajstić information content (AvgIpc) is 3.05. The SMILES string of the molecule is C1CO1.C1CO1.C1CO1.OCCO. The molecule has 80 valence electrons. The zero-order chi connectivity index (χ0) is 9.78. The van der Waals surface area contributed by atoms with Crippen molar-refractivity contribution in [3.63, 3.8) is 0 Å². The fraction of sp³-hybridized carbons (Fsp3) is 1.00. The molecule has 0 amide bonds. The summed E-state index contributed by atoms with van der Waals surface area (Å²) in [5, 5.41) is 15.2. The predicted octanol–water partition coefficient (Wildman–Crippen LogP) is -0.979. The number of hydrogen-bond acceptors (Lipinski definition) is 5. The second-order valence-corrected chi connectivity index (χ2v) is 2.28. The fourth-order valence-corrected chi connectivity index (χ4v) is 0. The molecular formula is C8H18O5. The van der Waals surface area contributed by atoms with Gasteiger partial charge in [-0.3, -0.25) is 0 Å². The van der Waals surface area contributed by atoms with Crippen molar-refractivity contribution in [3.8, 4) is 0 Å². The average molecular weight is 194 g/mol. The van der Waals surface area contributed by atoms with Gasteiger partial charge in [0.2, 0.25) is 0 Å². The predicted molar refractivity (Wildman–Crippen MR) is 46.6 cm³/mol. The van der Waals surface area contributed by atoms with E-state index in [1.807, 2.05) is 0 Å². The van der Waals surface area contributed by atoms with Crippen LogP contribution in [0, 0.1) is 0 Å². The van der Waals surface area contributed by atoms with Gasteiger partial charge in [-0.2, -0.15) is 0 Å². The van der Waals surface area contributed by atoms with Crippen molar-refractivity contribution in [2.45, 2.75) is 0 Å². The molecule has 0 aromatic carbocycles. The Labute approximate surface area is 78.2 Å². The van der Waals surface area contributed by atoms with Gasteiger partial charge >= 0.3 is 0 Å². The van der Waals surface area contributed by atoms with E-state index in [0.717, 1.165) is 39.6 Å². The molecule has 0 saturated carbocycles. The van der Waals surface area contributed by atoms with Crippen LogP contribution in [-0.4, -0.2) is 63.1 Å². The third-order valence-corrected chi connectivity index (χ3v) is 0.712. The molecule has 0 spiro atoms. The topological polar surface area (TPSA) is 78.0 Å². The van der Waals surface area contributed by atoms with Gasteiger partial charge in [0.1, 0.15) is 0 Å². The third kappa shape index (κ3) is 78.5. The summed E-state index contributed by atoms with van der Waals surface area (Å²) in [6.45, 7) is 5.75. The standard InChI is InChI=1S/C2H6O2.3C2H4O/c3-1-2-4;3*1-2-3-1/h3-4H,1-2H2;3*1-2H2. The highest BCUT2D eigenvalue weighted by molar-refractivity contribution is 4.37. The van der Waals surface area contributed by atoms with Crippen molar-refractivity contribution in [2.75, 3.05) is 52.9 Å². The molecule has 5 heteroatoms. The van der Waals surface area contributed by atoms with E-state index in [2.05, 4.69) is 14.2 Å². The van der Waals surface area contributed by atoms with E-state index >= 15 is 0 Å². The van der Waals surface area contributed by atoms with E-state index in [1.165, 1.54) is 0 Å². The molecule has 3 aliphatic rings. The smallest absolute Gasteiger partial charge is 0.0701 e. The number of hydrogen-bond donors (Lipinski definition) is 2. The molecule has 0 aliphatic carbocycles. The van der Waals surface area contributed by atoms with E-state index in [4.69, 9.17) is 10.2 Å². The van der Waals surface area contributed by atoms with Gasteiger partial charge in [-0.05, 0) is 0 Å². The molecule has 0 unspecified atom stereocenters. The Bertz CT molecular complexity index is 58.1. The van der Waals surface area contributed by atoms with E-state index in [0.29, 0.717) is 0 Å². The van der Waals surface area contributed by atoms with Gasteiger partial charge in [-0.1, -0.05) is 0 Å². The first-order valence-corrected chi connectivity index (χ1v) is 4.36. The van der Waals surface area contributed by atoms with Crippen molar-refractivity contribution < 1.29 is 24.4 Å². The van der Waals surface area contributed by atoms with Gasteiger partial charge in [0.05, 0.1) is 52.9 Å². The second-order valence-electron chi connectivity index (χ2n) is 2.28. The van der Waals surface area contributed by atoms with Gasteiger partial charge in [0, 0.05) is 0 Å². The highest BCUT2D eigenvalue weighted by atomic mass is 16.6. The summed E-state index contributed by atoms with van der Waals surface area (Å²) in [5.74, 6) is 0. The molecule has 0 radical (unpaired) electrons. The maximum Gasteiger partial charge on any atom is 0.0701 e. The largest absolute Gasteiger partial charge is 0.394 e. The zero-order valence-electron chi connectivity index (χ0n) is 7.78. The Balaban J connectivity index is 0.000000148. The summed E-state index contributed by atoms with van der Waals surface area (Å²) in [4.78, 5) is 0. The lowest BCUT2D eigenvalue weighted by atomic mass is 10.8. The van der Waals surface area contributed by atoms with Crippen LogP contribution in [0.1, 0.15) is 0 Å². The van der Waals surface area contributed by atoms with Crippen LogP contribution >= 0.6 is 0 Å². The lowest BCUT2D eigenvalue weighted by Crippen LogP contribution is -1.85. The van der Waals surface area contributed by atoms with Crippen LogP contribution in [0.5, 0.6) is 0 Å². The molecule has 0 bridgehead atoms. The number of epoxide rings is 3. The summed E-state index contributed by atoms with van der Waals surface area (Å²) in [6, 6.07) is 0. The maximum absolute atomic E-state index is 7.62. The Kier molecular flexibility index (Phi) is 11.6. The molecule has 3 aliphatic heterocycles. The van der Waals surface area contributed by atoms with E-state index in [-0.39, 0.29) is 13.2 Å². The van der Waals surface area contributed by atoms with Crippen molar-refractivity contribution in [1.29, 1.82) is 0 Å². The van der Waals surface area contributed by atoms with Crippen molar-refractivity contribution in [1.82, 2.24) is 0 Å². The number of ether oxygens (including phenoxy) is 3. The summed E-state index contributed by atoms with van der Waals surface area (Å²) >= 11 is 0. The first-order chi connectivity index (χ1) is 6.41. The van der Waals surface area contributed by atoms with Gasteiger partial charge in [-0.15, -0.1) is 0 Å². The highest BCUT2D eigenvalue weighted by Gasteiger charge is 1.94. The molecule has 0 aromatic heterocycles. The van der Waals surface area contributed by atoms with E-state index < -0.39 is 0 Å². The van der Waals surface area contributed by atoms with Crippen LogP contribution in [0.15, 0.2) is 0 Å². The molecule has 5 nitrogen and oxygen atoms in total. The summed E-state index contributed by atoms with van der Waals surface area (Å²) < 4.78 is 13.5. The number of rotatable bonds is 1. The first-order valence-electron chi connectivity index (χ1n) is 4.36. The van der Waals surface area contributed by atoms with Gasteiger partial charge in [0.25, 0.3) is 0 Å². The molecule has 0 atom stereocenters. The van der Waals surface area contributed by atoms with Crippen molar-refractivity contribution in [2.24, 2.45) is 0 Å². The van der Waals surface area contributed by atoms with Crippen LogP contribution in [-0.2, 0) is 14.2 Å². The highest BCUT2D eigenvalue weighted by Crippen LogP contribution is 1.85. The number of aliphatic hydroxyl groups is 2. The summed E-state index contributed by atoms with van der Waals surface area (Å²) in [7, 11) is 0. The van der Waals surface area contributed by atoms with Gasteiger partial charge in [-0.25, -0.2) is 0 Å². The van der Waals surface area contributed by atoms with Crippen LogP contribution in [0.25, 0.3) is 0 Å². The molecule has 2 N–H and O–H groups in total. The third-order valence-electron chi connectivity index (χ3n) is 0.712. The molecular weight excluding hydrogens is 176 g/mol. The zero-order valence-corrected chi connectivity index (χ0v) is 7.78. The number of aliphatic hydroxyl groups excluding tert-OH is 2. The fourth-order valence-electron chi connectivity index (χ4n) is 0. The van der Waals surface area contributed by atoms with Crippen molar-refractivity contribution in [3.05, 3.63) is 0 Å². The van der Waals surface area contributed by atoms with Gasteiger partial charge < -0.3 is 24.4 Å². The second kappa shape index (κ2) is 11.8. The Morgan fingerprint density at radius 3 is 0.769 bits per heavy atom. The molecule has 3 fully saturated rings. The normalized spacial score (nSPS) is 18.9. The van der Waals surface area contributed by atoms with Crippen LogP contribution < -0.4 is 0 Å². The molecule has 3 heterocycles. The minimum atomic E-state index is -0.125. The Morgan fingerprint density at radius 1 is 0.615 bits per heavy atom. The summed E-state index contributed by atoms with van der Waals surface area (Å²) in [5.41, 5.74) is 0. The minimum absolute atomic E-state index is 0.125. The molecule has 3 saturated heterocycles. The lowest BCUT2D eigenvalue weighted by molar-refractivity contribution is 0.186. The monoisotopic (exact) mass is 194 g/mol. The van der Waals surface area contributed by atoms with Crippen LogP contribution in [0.2, 0.25) is 0 Å².